The van der Waals surface area contributed by atoms with Crippen LogP contribution in [0.3, 0.4) is 0 Å². The Kier molecular flexibility index (Phi) is 19.7. The molecule has 5 N–H and O–H groups in total. The third-order valence-corrected chi connectivity index (χ3v) is 13.8. The van der Waals surface area contributed by atoms with Gasteiger partial charge in [-0.05, 0) is 74.0 Å². The summed E-state index contributed by atoms with van der Waals surface area (Å²) >= 11 is 0. The molecule has 0 spiro atoms. The van der Waals surface area contributed by atoms with Crippen LogP contribution in [-0.2, 0) is 63.7 Å². The highest BCUT2D eigenvalue weighted by molar-refractivity contribution is 5.83. The summed E-state index contributed by atoms with van der Waals surface area (Å²) in [5.41, 5.74) is -4.39. The molecule has 0 aromatic heterocycles. The van der Waals surface area contributed by atoms with E-state index in [1.807, 2.05) is 56.3 Å². The Hall–Kier alpha value is -3.14. The van der Waals surface area contributed by atoms with Gasteiger partial charge in [-0.25, -0.2) is 0 Å². The van der Waals surface area contributed by atoms with Crippen LogP contribution in [0.5, 0.6) is 0 Å². The Morgan fingerprint density at radius 2 is 1.55 bits per heavy atom. The first-order chi connectivity index (χ1) is 30.7. The summed E-state index contributed by atoms with van der Waals surface area (Å²) in [5.74, 6) is -6.80. The number of aliphatic hydroxyl groups is 4. The fourth-order valence-corrected chi connectivity index (χ4v) is 9.80. The van der Waals surface area contributed by atoms with Gasteiger partial charge in [-0.15, -0.1) is 0 Å². The summed E-state index contributed by atoms with van der Waals surface area (Å²) in [7, 11) is 5.14. The number of carbonyl (C=O) groups excluding carboxylic acids is 4. The van der Waals surface area contributed by atoms with Gasteiger partial charge in [0.05, 0.1) is 60.3 Å². The number of likely N-dealkylation sites (N-methyl/N-ethyl adjacent to an activating group) is 1. The van der Waals surface area contributed by atoms with E-state index < -0.39 is 119 Å². The monoisotopic (exact) mass is 939 g/mol. The summed E-state index contributed by atoms with van der Waals surface area (Å²) in [6, 6.07) is 8.95. The zero-order valence-corrected chi connectivity index (χ0v) is 41.1. The minimum Gasteiger partial charge on any atom is -0.459 e. The van der Waals surface area contributed by atoms with E-state index in [4.69, 9.17) is 37.9 Å². The van der Waals surface area contributed by atoms with Crippen molar-refractivity contribution in [3.05, 3.63) is 35.9 Å². The lowest BCUT2D eigenvalue weighted by Gasteiger charge is -2.49. The predicted octanol–water partition coefficient (Wildman–Crippen LogP) is 2.67. The molecule has 1 amide bonds. The largest absolute Gasteiger partial charge is 0.459 e. The number of hydrogen-bond donors (Lipinski definition) is 5. The second kappa shape index (κ2) is 23.4. The molecular weight excluding hydrogens is 861 g/mol. The number of ketones is 1. The maximum atomic E-state index is 14.7. The molecule has 3 fully saturated rings. The molecule has 18 heteroatoms. The van der Waals surface area contributed by atoms with Crippen LogP contribution in [0.4, 0.5) is 0 Å². The molecule has 4 rings (SSSR count). The summed E-state index contributed by atoms with van der Waals surface area (Å²) in [5, 5.41) is 50.4. The molecule has 0 bridgehead atoms. The number of amides is 1. The van der Waals surface area contributed by atoms with Gasteiger partial charge in [-0.3, -0.25) is 19.2 Å². The minimum absolute atomic E-state index is 0.0198. The van der Waals surface area contributed by atoms with Crippen LogP contribution in [0.15, 0.2) is 30.3 Å². The third-order valence-electron chi connectivity index (χ3n) is 13.8. The molecule has 376 valence electrons. The van der Waals surface area contributed by atoms with Crippen molar-refractivity contribution in [2.75, 3.05) is 34.4 Å². The van der Waals surface area contributed by atoms with E-state index in [1.165, 1.54) is 34.8 Å². The first-order valence-electron chi connectivity index (χ1n) is 23.2. The molecule has 3 aliphatic heterocycles. The Labute approximate surface area is 390 Å². The summed E-state index contributed by atoms with van der Waals surface area (Å²) in [6.07, 6.45) is -11.2. The van der Waals surface area contributed by atoms with Crippen molar-refractivity contribution in [2.24, 2.45) is 23.7 Å². The number of nitrogens with zero attached hydrogens (tertiary/aromatic N) is 1. The third kappa shape index (κ3) is 13.8. The lowest BCUT2D eigenvalue weighted by molar-refractivity contribution is -0.318. The van der Waals surface area contributed by atoms with E-state index >= 15 is 0 Å². The van der Waals surface area contributed by atoms with Gasteiger partial charge in [0.25, 0.3) is 0 Å². The van der Waals surface area contributed by atoms with Gasteiger partial charge in [0.1, 0.15) is 30.2 Å². The second-order valence-electron chi connectivity index (χ2n) is 19.8. The fraction of sp³-hybridized carbons (Fsp3) is 0.792. The van der Waals surface area contributed by atoms with Crippen molar-refractivity contribution in [1.82, 2.24) is 10.2 Å². The van der Waals surface area contributed by atoms with Crippen LogP contribution >= 0.6 is 0 Å². The number of methoxy groups -OCH3 is 1. The van der Waals surface area contributed by atoms with Gasteiger partial charge < -0.3 is 68.5 Å². The van der Waals surface area contributed by atoms with Gasteiger partial charge in [0.15, 0.2) is 18.7 Å². The van der Waals surface area contributed by atoms with Crippen LogP contribution in [0.2, 0.25) is 0 Å². The van der Waals surface area contributed by atoms with Crippen molar-refractivity contribution in [3.63, 3.8) is 0 Å². The molecule has 3 heterocycles. The number of aliphatic hydroxyl groups excluding tert-OH is 2. The minimum atomic E-state index is -2.24. The molecular formula is C48H78N2O16. The van der Waals surface area contributed by atoms with Crippen LogP contribution < -0.4 is 5.32 Å². The number of nitrogens with one attached hydrogen (secondary N) is 1. The van der Waals surface area contributed by atoms with Gasteiger partial charge >= 0.3 is 11.9 Å². The number of cyclic esters (lactones) is 1. The van der Waals surface area contributed by atoms with Crippen LogP contribution in [0.1, 0.15) is 100 Å². The molecule has 0 saturated carbocycles. The van der Waals surface area contributed by atoms with E-state index in [0.717, 1.165) is 5.56 Å². The number of rotatable bonds is 14. The Balaban J connectivity index is 1.77. The number of esters is 2. The van der Waals surface area contributed by atoms with Crippen molar-refractivity contribution in [2.45, 2.75) is 186 Å². The Morgan fingerprint density at radius 3 is 2.15 bits per heavy atom. The smallest absolute Gasteiger partial charge is 0.311 e. The molecule has 18 nitrogen and oxygen atoms in total. The summed E-state index contributed by atoms with van der Waals surface area (Å²) in [4.78, 5) is 56.3. The quantitative estimate of drug-likeness (QED) is 0.169. The number of hydrogen-bond acceptors (Lipinski definition) is 17. The molecule has 66 heavy (non-hydrogen) atoms. The van der Waals surface area contributed by atoms with E-state index in [2.05, 4.69) is 5.32 Å². The molecule has 3 saturated heterocycles. The van der Waals surface area contributed by atoms with Crippen molar-refractivity contribution < 1.29 is 77.5 Å². The molecule has 0 unspecified atom stereocenters. The van der Waals surface area contributed by atoms with E-state index in [0.29, 0.717) is 6.42 Å². The van der Waals surface area contributed by atoms with Crippen molar-refractivity contribution in [1.29, 1.82) is 0 Å². The number of ether oxygens (including phenoxy) is 8. The maximum Gasteiger partial charge on any atom is 0.311 e. The van der Waals surface area contributed by atoms with Gasteiger partial charge in [0.2, 0.25) is 5.91 Å². The number of Topliss-reactive ketones (excluding diaryl/α,β-unsaturated/α-hetero) is 1. The van der Waals surface area contributed by atoms with E-state index in [1.54, 1.807) is 34.6 Å². The highest BCUT2D eigenvalue weighted by Gasteiger charge is 2.54. The lowest BCUT2D eigenvalue weighted by atomic mass is 9.74. The lowest BCUT2D eigenvalue weighted by Crippen LogP contribution is -2.61. The standard InChI is InChI=1S/C48H78N2O16/c1-26-22-46(8,57)43(66-45-40(63-32(7)51)34(50(11)12)21-27(2)61-45)29(4)39(65-37-23-47(9,59-13)42(55)31(6)62-37)30(5)44(56)64-35(48(10,58)41(54)28(3)38(26)53)19-20-49-36(52)25-60-24-33-17-15-14-16-18-33/h14-18,26-31,34-35,37,39-43,45,54-55,57-58H,19-25H2,1-13H3,(H,49,52)/t26-,27-,28+,29+,30-,31+,34+,35-,37+,39+,40-,41-,42+,43-,45+,46-,47-,48-/m1/s1. The molecule has 3 aliphatic rings. The highest BCUT2D eigenvalue weighted by atomic mass is 16.7. The molecule has 1 aromatic rings. The first kappa shape index (κ1) is 55.5. The first-order valence-corrected chi connectivity index (χ1v) is 23.2. The molecule has 1 aromatic carbocycles. The second-order valence-corrected chi connectivity index (χ2v) is 19.8. The Morgan fingerprint density at radius 1 is 0.894 bits per heavy atom. The Bertz CT molecular complexity index is 1750. The van der Waals surface area contributed by atoms with Gasteiger partial charge in [-0.2, -0.15) is 0 Å². The normalized spacial score (nSPS) is 40.8. The van der Waals surface area contributed by atoms with Crippen LogP contribution in [-0.4, -0.2) is 168 Å². The zero-order valence-electron chi connectivity index (χ0n) is 41.1. The van der Waals surface area contributed by atoms with Gasteiger partial charge in [0, 0.05) is 51.2 Å². The highest BCUT2D eigenvalue weighted by Crippen LogP contribution is 2.41. The fourth-order valence-electron chi connectivity index (χ4n) is 9.80. The molecule has 0 radical (unpaired) electrons. The van der Waals surface area contributed by atoms with E-state index in [9.17, 15) is 39.6 Å². The van der Waals surface area contributed by atoms with Gasteiger partial charge in [-0.1, -0.05) is 51.1 Å². The van der Waals surface area contributed by atoms with E-state index in [-0.39, 0.29) is 51.2 Å². The molecule has 0 aliphatic carbocycles. The average molecular weight is 939 g/mol. The van der Waals surface area contributed by atoms with Crippen molar-refractivity contribution in [3.8, 4) is 0 Å². The molecule has 18 atom stereocenters. The SMILES string of the molecule is CO[C@]1(C)C[C@H](O[C@H]2[C@H](C)[C@@H](O[C@@H]3O[C@H](C)C[C@H](N(C)C)[C@H]3OC(C)=O)[C@](C)(O)C[C@@H](C)C(=O)[C@H](C)[C@@H](O)[C@](C)(O)[C@@H](CCNC(=O)COCc3ccccc3)OC(=O)[C@@H]2C)O[C@@H](C)[C@@H]1O. The van der Waals surface area contributed by atoms with Crippen LogP contribution in [0, 0.1) is 23.7 Å². The number of benzene rings is 1. The van der Waals surface area contributed by atoms with Crippen molar-refractivity contribution >= 4 is 23.6 Å². The maximum absolute atomic E-state index is 14.7. The topological polar surface area (TPSA) is 238 Å². The number of carbonyl (C=O) groups is 4. The average Bonchev–Trinajstić information content (AvgIpc) is 3.25. The van der Waals surface area contributed by atoms with Crippen LogP contribution in [0.25, 0.3) is 0 Å². The summed E-state index contributed by atoms with van der Waals surface area (Å²) in [6.45, 7) is 15.4. The zero-order chi connectivity index (χ0) is 49.5. The predicted molar refractivity (Wildman–Crippen MR) is 239 cm³/mol. The summed E-state index contributed by atoms with van der Waals surface area (Å²) < 4.78 is 49.4.